The predicted molar refractivity (Wildman–Crippen MR) is 108 cm³/mol. The number of hydrogen-bond donors (Lipinski definition) is 2. The molecular weight excluding hydrogens is 390 g/mol. The Bertz CT molecular complexity index is 1310. The lowest BCUT2D eigenvalue weighted by atomic mass is 9.79. The number of rotatable bonds is 4. The van der Waals surface area contributed by atoms with Gasteiger partial charge in [-0.05, 0) is 36.5 Å². The second-order valence-electron chi connectivity index (χ2n) is 7.17. The summed E-state index contributed by atoms with van der Waals surface area (Å²) in [5, 5.41) is 3.64. The second kappa shape index (κ2) is 7.25. The van der Waals surface area contributed by atoms with Gasteiger partial charge in [-0.3, -0.25) is 9.78 Å². The summed E-state index contributed by atoms with van der Waals surface area (Å²) in [6.45, 7) is 0. The van der Waals surface area contributed by atoms with Gasteiger partial charge in [0.2, 0.25) is 0 Å². The predicted octanol–water partition coefficient (Wildman–Crippen LogP) is 4.14. The number of aliphatic imine (C=N–C) groups is 1. The number of pyridine rings is 3. The van der Waals surface area contributed by atoms with Crippen molar-refractivity contribution in [2.75, 3.05) is 0 Å². The minimum absolute atomic E-state index is 0.000564. The maximum Gasteiger partial charge on any atom is 0.259 e. The number of aromatic nitrogens is 4. The smallest absolute Gasteiger partial charge is 0.259 e. The van der Waals surface area contributed by atoms with Crippen molar-refractivity contribution in [2.24, 2.45) is 4.99 Å². The van der Waals surface area contributed by atoms with Crippen LogP contribution < -0.4 is 5.32 Å². The average molecular weight is 406 g/mol. The van der Waals surface area contributed by atoms with E-state index in [1.54, 1.807) is 18.5 Å². The van der Waals surface area contributed by atoms with E-state index >= 15 is 0 Å². The Hall–Kier alpha value is -3.75. The Labute approximate surface area is 169 Å². The summed E-state index contributed by atoms with van der Waals surface area (Å²) < 4.78 is 28.0. The minimum atomic E-state index is -0.658. The molecule has 0 bridgehead atoms. The van der Waals surface area contributed by atoms with Gasteiger partial charge in [0, 0.05) is 17.8 Å². The number of carbonyl (C=O) groups excluding carboxylic acids is 1. The Kier molecular flexibility index (Phi) is 4.42. The van der Waals surface area contributed by atoms with Crippen LogP contribution in [0.25, 0.3) is 22.1 Å². The maximum absolute atomic E-state index is 14.3. The zero-order valence-corrected chi connectivity index (χ0v) is 15.7. The van der Waals surface area contributed by atoms with E-state index in [9.17, 15) is 13.6 Å². The number of nitrogens with one attached hydrogen (secondary N) is 2. The molecule has 1 saturated carbocycles. The highest BCUT2D eigenvalue weighted by Gasteiger charge is 2.27. The molecule has 1 aliphatic rings. The van der Waals surface area contributed by atoms with E-state index in [2.05, 4.69) is 30.2 Å². The molecular formula is C21H16F2N6O. The van der Waals surface area contributed by atoms with Crippen LogP contribution in [0.3, 0.4) is 0 Å². The van der Waals surface area contributed by atoms with Gasteiger partial charge in [-0.2, -0.15) is 0 Å². The van der Waals surface area contributed by atoms with Gasteiger partial charge in [0.15, 0.2) is 5.82 Å². The third-order valence-corrected chi connectivity index (χ3v) is 5.39. The van der Waals surface area contributed by atoms with E-state index in [4.69, 9.17) is 0 Å². The molecule has 0 saturated heterocycles. The third kappa shape index (κ3) is 3.08. The number of hydrogen-bond acceptors (Lipinski definition) is 5. The molecule has 1 fully saturated rings. The highest BCUT2D eigenvalue weighted by atomic mass is 19.1. The number of halogens is 2. The number of carbonyl (C=O) groups is 1. The maximum atomic E-state index is 14.3. The monoisotopic (exact) mass is 406 g/mol. The van der Waals surface area contributed by atoms with Crippen molar-refractivity contribution in [1.82, 2.24) is 25.3 Å². The van der Waals surface area contributed by atoms with Crippen molar-refractivity contribution in [3.63, 3.8) is 0 Å². The largest absolute Gasteiger partial charge is 0.324 e. The molecule has 0 radical (unpaired) electrons. The number of amides is 1. The molecule has 4 aromatic rings. The van der Waals surface area contributed by atoms with E-state index in [0.29, 0.717) is 33.3 Å². The SMILES string of the molecule is O=C(NC=Nc1ccnc2[nH]c3ncc(F)cc3c12)c1c(F)cncc1C1CCC1. The summed E-state index contributed by atoms with van der Waals surface area (Å²) in [4.78, 5) is 32.1. The lowest BCUT2D eigenvalue weighted by Gasteiger charge is -2.27. The zero-order chi connectivity index (χ0) is 20.7. The first-order valence-electron chi connectivity index (χ1n) is 9.50. The molecule has 5 rings (SSSR count). The molecule has 30 heavy (non-hydrogen) atoms. The van der Waals surface area contributed by atoms with Crippen LogP contribution >= 0.6 is 0 Å². The number of nitrogens with zero attached hydrogens (tertiary/aromatic N) is 4. The first-order valence-corrected chi connectivity index (χ1v) is 9.50. The van der Waals surface area contributed by atoms with Gasteiger partial charge < -0.3 is 10.3 Å². The number of fused-ring (bicyclic) bond motifs is 3. The van der Waals surface area contributed by atoms with Gasteiger partial charge in [-0.25, -0.2) is 23.7 Å². The zero-order valence-electron chi connectivity index (χ0n) is 15.7. The van der Waals surface area contributed by atoms with Gasteiger partial charge in [-0.15, -0.1) is 0 Å². The van der Waals surface area contributed by atoms with E-state index in [-0.39, 0.29) is 11.5 Å². The molecule has 1 aliphatic carbocycles. The topological polar surface area (TPSA) is 95.9 Å². The molecule has 0 aliphatic heterocycles. The van der Waals surface area contributed by atoms with E-state index < -0.39 is 17.5 Å². The first-order chi connectivity index (χ1) is 14.6. The fourth-order valence-electron chi connectivity index (χ4n) is 3.71. The van der Waals surface area contributed by atoms with Gasteiger partial charge in [0.1, 0.15) is 17.1 Å². The highest BCUT2D eigenvalue weighted by molar-refractivity contribution is 6.11. The molecule has 4 heterocycles. The van der Waals surface area contributed by atoms with Crippen LogP contribution in [-0.2, 0) is 0 Å². The Morgan fingerprint density at radius 3 is 2.87 bits per heavy atom. The Morgan fingerprint density at radius 2 is 2.07 bits per heavy atom. The van der Waals surface area contributed by atoms with Crippen molar-refractivity contribution in [2.45, 2.75) is 25.2 Å². The summed E-state index contributed by atoms with van der Waals surface area (Å²) in [6, 6.07) is 2.98. The van der Waals surface area contributed by atoms with Crippen LogP contribution in [0.5, 0.6) is 0 Å². The van der Waals surface area contributed by atoms with E-state index in [1.807, 2.05) is 0 Å². The summed E-state index contributed by atoms with van der Waals surface area (Å²) in [5.74, 6) is -1.57. The molecule has 4 aromatic heterocycles. The summed E-state index contributed by atoms with van der Waals surface area (Å²) in [7, 11) is 0. The molecule has 2 N–H and O–H groups in total. The molecule has 150 valence electrons. The molecule has 9 heteroatoms. The van der Waals surface area contributed by atoms with E-state index in [1.165, 1.54) is 12.4 Å². The second-order valence-corrected chi connectivity index (χ2v) is 7.17. The Balaban J connectivity index is 1.46. The van der Waals surface area contributed by atoms with Gasteiger partial charge in [-0.1, -0.05) is 6.42 Å². The van der Waals surface area contributed by atoms with Crippen molar-refractivity contribution >= 4 is 40.0 Å². The molecule has 0 aromatic carbocycles. The van der Waals surface area contributed by atoms with Crippen LogP contribution in [0.15, 0.2) is 41.9 Å². The minimum Gasteiger partial charge on any atom is -0.324 e. The average Bonchev–Trinajstić information content (AvgIpc) is 3.05. The van der Waals surface area contributed by atoms with Crippen molar-refractivity contribution < 1.29 is 13.6 Å². The molecule has 0 atom stereocenters. The molecule has 7 nitrogen and oxygen atoms in total. The van der Waals surface area contributed by atoms with Crippen LogP contribution in [0, 0.1) is 11.6 Å². The quantitative estimate of drug-likeness (QED) is 0.393. The fourth-order valence-corrected chi connectivity index (χ4v) is 3.71. The Morgan fingerprint density at radius 1 is 1.20 bits per heavy atom. The molecule has 0 unspecified atom stereocenters. The summed E-state index contributed by atoms with van der Waals surface area (Å²) in [5.41, 5.74) is 2.07. The van der Waals surface area contributed by atoms with Gasteiger partial charge >= 0.3 is 0 Å². The number of H-pyrrole nitrogens is 1. The van der Waals surface area contributed by atoms with Crippen molar-refractivity contribution in [3.8, 4) is 0 Å². The molecule has 0 spiro atoms. The number of aromatic amines is 1. The molecule has 1 amide bonds. The normalized spacial score (nSPS) is 14.5. The van der Waals surface area contributed by atoms with Crippen LogP contribution in [0.4, 0.5) is 14.5 Å². The van der Waals surface area contributed by atoms with E-state index in [0.717, 1.165) is 31.7 Å². The van der Waals surface area contributed by atoms with Crippen molar-refractivity contribution in [3.05, 3.63) is 59.7 Å². The lowest BCUT2D eigenvalue weighted by Crippen LogP contribution is -2.26. The van der Waals surface area contributed by atoms with Crippen LogP contribution in [0.1, 0.15) is 41.1 Å². The first kappa shape index (κ1) is 18.3. The summed E-state index contributed by atoms with van der Waals surface area (Å²) in [6.07, 6.45) is 9.34. The summed E-state index contributed by atoms with van der Waals surface area (Å²) >= 11 is 0. The lowest BCUT2D eigenvalue weighted by molar-refractivity contribution is 0.0972. The van der Waals surface area contributed by atoms with Crippen LogP contribution in [-0.4, -0.2) is 32.2 Å². The standard InChI is InChI=1S/C21H16F2N6O/c22-12-6-13-18-16(4-5-25-20(18)29-19(13)26-7-12)27-10-28-21(30)17-14(11-2-1-3-11)8-24-9-15(17)23/h4-11H,1-3H2,(H2,25,26,27,28,29,30). The fraction of sp³-hybridized carbons (Fsp3) is 0.190. The van der Waals surface area contributed by atoms with Gasteiger partial charge in [0.05, 0.1) is 35.4 Å². The van der Waals surface area contributed by atoms with Crippen molar-refractivity contribution in [1.29, 1.82) is 0 Å². The highest BCUT2D eigenvalue weighted by Crippen LogP contribution is 2.38. The third-order valence-electron chi connectivity index (χ3n) is 5.39. The van der Waals surface area contributed by atoms with Crippen LogP contribution in [0.2, 0.25) is 0 Å². The van der Waals surface area contributed by atoms with Gasteiger partial charge in [0.25, 0.3) is 5.91 Å².